The molecule has 0 aliphatic heterocycles. The van der Waals surface area contributed by atoms with Crippen molar-refractivity contribution in [1.82, 2.24) is 5.32 Å². The number of nitrogens with one attached hydrogen (secondary N) is 1. The zero-order chi connectivity index (χ0) is 12.7. The number of hydrogen-bond acceptors (Lipinski definition) is 2. The lowest BCUT2D eigenvalue weighted by Crippen LogP contribution is -2.18. The van der Waals surface area contributed by atoms with E-state index >= 15 is 0 Å². The van der Waals surface area contributed by atoms with Crippen molar-refractivity contribution in [3.05, 3.63) is 28.2 Å². The second-order valence-corrected chi connectivity index (χ2v) is 5.21. The maximum atomic E-state index is 5.91. The zero-order valence-corrected chi connectivity index (χ0v) is 12.5. The normalized spacial score (nSPS) is 12.5. The highest BCUT2D eigenvalue weighted by atomic mass is 79.9. The van der Waals surface area contributed by atoms with E-state index in [4.69, 9.17) is 4.74 Å². The van der Waals surface area contributed by atoms with Crippen LogP contribution in [-0.2, 0) is 0 Å². The first-order valence-corrected chi connectivity index (χ1v) is 7.06. The van der Waals surface area contributed by atoms with Crippen LogP contribution in [-0.4, -0.2) is 19.2 Å². The highest BCUT2D eigenvalue weighted by Gasteiger charge is 2.06. The summed E-state index contributed by atoms with van der Waals surface area (Å²) in [7, 11) is 0. The Morgan fingerprint density at radius 3 is 2.82 bits per heavy atom. The second-order valence-electron chi connectivity index (χ2n) is 4.36. The van der Waals surface area contributed by atoms with Crippen LogP contribution in [0.4, 0.5) is 0 Å². The molecule has 0 fully saturated rings. The van der Waals surface area contributed by atoms with Crippen molar-refractivity contribution in [2.75, 3.05) is 13.1 Å². The van der Waals surface area contributed by atoms with Gasteiger partial charge in [0.1, 0.15) is 5.75 Å². The molecular formula is C14H22BrNO. The van der Waals surface area contributed by atoms with Crippen molar-refractivity contribution < 1.29 is 4.74 Å². The highest BCUT2D eigenvalue weighted by molar-refractivity contribution is 9.10. The summed E-state index contributed by atoms with van der Waals surface area (Å²) < 4.78 is 6.94. The van der Waals surface area contributed by atoms with Gasteiger partial charge in [-0.1, -0.05) is 13.0 Å². The zero-order valence-electron chi connectivity index (χ0n) is 10.9. The molecule has 0 spiro atoms. The van der Waals surface area contributed by atoms with Crippen molar-refractivity contribution in [3.63, 3.8) is 0 Å². The molecule has 1 aromatic rings. The van der Waals surface area contributed by atoms with E-state index < -0.39 is 0 Å². The van der Waals surface area contributed by atoms with E-state index in [2.05, 4.69) is 54.2 Å². The molecule has 0 heterocycles. The van der Waals surface area contributed by atoms with Gasteiger partial charge >= 0.3 is 0 Å². The molecule has 2 nitrogen and oxygen atoms in total. The van der Waals surface area contributed by atoms with Crippen LogP contribution >= 0.6 is 15.9 Å². The molecule has 1 atom stereocenters. The summed E-state index contributed by atoms with van der Waals surface area (Å²) >= 11 is 3.53. The van der Waals surface area contributed by atoms with Crippen LogP contribution in [0.2, 0.25) is 0 Å². The van der Waals surface area contributed by atoms with Crippen LogP contribution in [0.5, 0.6) is 5.75 Å². The number of hydrogen-bond donors (Lipinski definition) is 1. The van der Waals surface area contributed by atoms with Crippen LogP contribution in [0.25, 0.3) is 0 Å². The maximum absolute atomic E-state index is 5.91. The van der Waals surface area contributed by atoms with Crippen molar-refractivity contribution in [2.24, 2.45) is 0 Å². The Kier molecular flexibility index (Phi) is 6.60. The van der Waals surface area contributed by atoms with Gasteiger partial charge in [0.2, 0.25) is 0 Å². The van der Waals surface area contributed by atoms with E-state index in [1.165, 1.54) is 5.56 Å². The second kappa shape index (κ2) is 7.72. The third kappa shape index (κ3) is 5.55. The Morgan fingerprint density at radius 2 is 2.18 bits per heavy atom. The fraction of sp³-hybridized carbons (Fsp3) is 0.571. The van der Waals surface area contributed by atoms with Gasteiger partial charge in [-0.15, -0.1) is 0 Å². The summed E-state index contributed by atoms with van der Waals surface area (Å²) in [4.78, 5) is 0. The summed E-state index contributed by atoms with van der Waals surface area (Å²) in [6.07, 6.45) is 2.49. The molecule has 0 saturated heterocycles. The molecule has 1 rings (SSSR count). The van der Waals surface area contributed by atoms with Gasteiger partial charge < -0.3 is 10.1 Å². The van der Waals surface area contributed by atoms with Crippen molar-refractivity contribution >= 4 is 15.9 Å². The molecule has 0 aliphatic carbocycles. The first-order chi connectivity index (χ1) is 8.13. The molecule has 0 saturated carbocycles. The maximum Gasteiger partial charge on any atom is 0.133 e. The molecule has 0 amide bonds. The molecule has 0 aromatic heterocycles. The molecule has 3 heteroatoms. The first-order valence-electron chi connectivity index (χ1n) is 6.27. The van der Waals surface area contributed by atoms with E-state index in [1.807, 2.05) is 6.07 Å². The fourth-order valence-electron chi connectivity index (χ4n) is 1.67. The Morgan fingerprint density at radius 1 is 1.41 bits per heavy atom. The summed E-state index contributed by atoms with van der Waals surface area (Å²) in [6.45, 7) is 8.44. The topological polar surface area (TPSA) is 21.3 Å². The van der Waals surface area contributed by atoms with Gasteiger partial charge in [0.25, 0.3) is 0 Å². The quantitative estimate of drug-likeness (QED) is 0.771. The van der Waals surface area contributed by atoms with Crippen LogP contribution in [0, 0.1) is 6.92 Å². The summed E-state index contributed by atoms with van der Waals surface area (Å²) in [5.41, 5.74) is 1.24. The molecule has 0 aliphatic rings. The lowest BCUT2D eigenvalue weighted by Gasteiger charge is -2.16. The smallest absolute Gasteiger partial charge is 0.133 e. The molecular weight excluding hydrogens is 278 g/mol. The average molecular weight is 300 g/mol. The molecule has 1 unspecified atom stereocenters. The fourth-order valence-corrected chi connectivity index (χ4v) is 2.26. The third-order valence-corrected chi connectivity index (χ3v) is 3.25. The standard InChI is InChI=1S/C14H22BrNO/c1-4-16-9-5-6-12(3)17-14-8-7-11(2)10-13(14)15/h7-8,10,12,16H,4-6,9H2,1-3H3. The van der Waals surface area contributed by atoms with Crippen LogP contribution < -0.4 is 10.1 Å². The summed E-state index contributed by atoms with van der Waals surface area (Å²) in [5, 5.41) is 3.32. The van der Waals surface area contributed by atoms with Crippen LogP contribution in [0.3, 0.4) is 0 Å². The number of aryl methyl sites for hydroxylation is 1. The summed E-state index contributed by atoms with van der Waals surface area (Å²) in [6, 6.07) is 6.19. The van der Waals surface area contributed by atoms with Crippen molar-refractivity contribution in [1.29, 1.82) is 0 Å². The minimum absolute atomic E-state index is 0.257. The monoisotopic (exact) mass is 299 g/mol. The number of rotatable bonds is 7. The Balaban J connectivity index is 2.37. The van der Waals surface area contributed by atoms with Crippen molar-refractivity contribution in [3.8, 4) is 5.75 Å². The van der Waals surface area contributed by atoms with Gasteiger partial charge in [-0.25, -0.2) is 0 Å². The Labute approximate surface area is 113 Å². The Hall–Kier alpha value is -0.540. The molecule has 1 N–H and O–H groups in total. The number of benzene rings is 1. The number of halogens is 1. The molecule has 17 heavy (non-hydrogen) atoms. The van der Waals surface area contributed by atoms with E-state index in [1.54, 1.807) is 0 Å². The predicted octanol–water partition coefficient (Wildman–Crippen LogP) is 3.91. The van der Waals surface area contributed by atoms with E-state index in [9.17, 15) is 0 Å². The highest BCUT2D eigenvalue weighted by Crippen LogP contribution is 2.27. The minimum atomic E-state index is 0.257. The van der Waals surface area contributed by atoms with E-state index in [0.717, 1.165) is 36.2 Å². The van der Waals surface area contributed by atoms with Gasteiger partial charge in [-0.05, 0) is 73.4 Å². The Bertz CT molecular complexity index is 341. The van der Waals surface area contributed by atoms with Crippen molar-refractivity contribution in [2.45, 2.75) is 39.7 Å². The molecule has 96 valence electrons. The van der Waals surface area contributed by atoms with E-state index in [-0.39, 0.29) is 6.10 Å². The molecule has 1 aromatic carbocycles. The third-order valence-electron chi connectivity index (χ3n) is 2.63. The first kappa shape index (κ1) is 14.5. The molecule has 0 bridgehead atoms. The van der Waals surface area contributed by atoms with Gasteiger partial charge in [-0.2, -0.15) is 0 Å². The lowest BCUT2D eigenvalue weighted by atomic mass is 10.2. The largest absolute Gasteiger partial charge is 0.490 e. The summed E-state index contributed by atoms with van der Waals surface area (Å²) in [5.74, 6) is 0.937. The predicted molar refractivity (Wildman–Crippen MR) is 76.7 cm³/mol. The van der Waals surface area contributed by atoms with Gasteiger partial charge in [-0.3, -0.25) is 0 Å². The van der Waals surface area contributed by atoms with Crippen LogP contribution in [0.1, 0.15) is 32.3 Å². The lowest BCUT2D eigenvalue weighted by molar-refractivity contribution is 0.206. The van der Waals surface area contributed by atoms with Gasteiger partial charge in [0.05, 0.1) is 10.6 Å². The van der Waals surface area contributed by atoms with E-state index in [0.29, 0.717) is 0 Å². The van der Waals surface area contributed by atoms with Gasteiger partial charge in [0.15, 0.2) is 0 Å². The van der Waals surface area contributed by atoms with Crippen LogP contribution in [0.15, 0.2) is 22.7 Å². The molecule has 0 radical (unpaired) electrons. The van der Waals surface area contributed by atoms with Gasteiger partial charge in [0, 0.05) is 0 Å². The number of ether oxygens (including phenoxy) is 1. The SMILES string of the molecule is CCNCCCC(C)Oc1ccc(C)cc1Br. The minimum Gasteiger partial charge on any atom is -0.490 e. The average Bonchev–Trinajstić information content (AvgIpc) is 2.28.